The van der Waals surface area contributed by atoms with Gasteiger partial charge in [-0.25, -0.2) is 0 Å². The largest absolute Gasteiger partial charge is 0.456 e. The van der Waals surface area contributed by atoms with Crippen LogP contribution in [0.3, 0.4) is 0 Å². The number of hydrogen-bond acceptors (Lipinski definition) is 1. The quantitative estimate of drug-likeness (QED) is 0.565. The fourth-order valence-corrected chi connectivity index (χ4v) is 2.23. The summed E-state index contributed by atoms with van der Waals surface area (Å²) in [5.41, 5.74) is 1.71. The third-order valence-corrected chi connectivity index (χ3v) is 3.13. The van der Waals surface area contributed by atoms with Gasteiger partial charge >= 0.3 is 0 Å². The Hall–Kier alpha value is -0.990. The molecule has 2 aromatic carbocycles. The first-order chi connectivity index (χ1) is 7.24. The summed E-state index contributed by atoms with van der Waals surface area (Å²) in [6, 6.07) is 11.7. The Kier molecular flexibility index (Phi) is 2.01. The zero-order chi connectivity index (χ0) is 10.4. The molecular weight excluding hydrogens is 275 g/mol. The van der Waals surface area contributed by atoms with E-state index >= 15 is 0 Å². The van der Waals surface area contributed by atoms with Crippen molar-refractivity contribution in [3.05, 3.63) is 45.9 Å². The van der Waals surface area contributed by atoms with Crippen molar-refractivity contribution in [1.29, 1.82) is 0 Å². The normalized spacial score (nSPS) is 11.3. The molecule has 0 radical (unpaired) electrons. The fourth-order valence-electron chi connectivity index (χ4n) is 1.72. The van der Waals surface area contributed by atoms with E-state index in [-0.39, 0.29) is 0 Å². The van der Waals surface area contributed by atoms with Crippen molar-refractivity contribution < 1.29 is 4.42 Å². The summed E-state index contributed by atoms with van der Waals surface area (Å²) in [7, 11) is 0. The molecule has 1 aromatic heterocycles. The van der Waals surface area contributed by atoms with E-state index in [4.69, 9.17) is 16.0 Å². The molecule has 0 saturated heterocycles. The molecular formula is C12H6BrClO. The number of hydrogen-bond donors (Lipinski definition) is 0. The van der Waals surface area contributed by atoms with Gasteiger partial charge in [-0.15, -0.1) is 0 Å². The van der Waals surface area contributed by atoms with Gasteiger partial charge in [0.15, 0.2) is 0 Å². The van der Waals surface area contributed by atoms with Crippen molar-refractivity contribution in [1.82, 2.24) is 0 Å². The molecule has 15 heavy (non-hydrogen) atoms. The lowest BCUT2D eigenvalue weighted by Crippen LogP contribution is -1.66. The van der Waals surface area contributed by atoms with Gasteiger partial charge in [-0.1, -0.05) is 27.5 Å². The predicted molar refractivity (Wildman–Crippen MR) is 66.4 cm³/mol. The fraction of sp³-hybridized carbons (Fsp3) is 0. The Morgan fingerprint density at radius 2 is 1.60 bits per heavy atom. The summed E-state index contributed by atoms with van der Waals surface area (Å²) in [5, 5.41) is 2.91. The van der Waals surface area contributed by atoms with Crippen LogP contribution in [0.25, 0.3) is 21.9 Å². The molecule has 0 aliphatic carbocycles. The zero-order valence-electron chi connectivity index (χ0n) is 7.63. The summed E-state index contributed by atoms with van der Waals surface area (Å²) in [6.07, 6.45) is 0. The second-order valence-electron chi connectivity index (χ2n) is 3.38. The van der Waals surface area contributed by atoms with Crippen LogP contribution < -0.4 is 0 Å². The van der Waals surface area contributed by atoms with Crippen LogP contribution in [0, 0.1) is 0 Å². The van der Waals surface area contributed by atoms with Crippen LogP contribution in [0.4, 0.5) is 0 Å². The van der Waals surface area contributed by atoms with Crippen molar-refractivity contribution in [3.8, 4) is 0 Å². The van der Waals surface area contributed by atoms with Crippen molar-refractivity contribution >= 4 is 49.5 Å². The molecule has 1 nitrogen and oxygen atoms in total. The molecule has 3 rings (SSSR count). The monoisotopic (exact) mass is 280 g/mol. The SMILES string of the molecule is Clc1ccc2c(c1)oc1cc(Br)ccc12. The number of benzene rings is 2. The van der Waals surface area contributed by atoms with E-state index in [1.165, 1.54) is 0 Å². The average Bonchev–Trinajstić information content (AvgIpc) is 2.53. The maximum Gasteiger partial charge on any atom is 0.136 e. The highest BCUT2D eigenvalue weighted by atomic mass is 79.9. The first-order valence-corrected chi connectivity index (χ1v) is 5.68. The van der Waals surface area contributed by atoms with E-state index in [0.717, 1.165) is 26.4 Å². The molecule has 3 heteroatoms. The third-order valence-electron chi connectivity index (χ3n) is 2.40. The Bertz CT molecular complexity index is 601. The van der Waals surface area contributed by atoms with Crippen LogP contribution in [0.1, 0.15) is 0 Å². The molecule has 0 amide bonds. The summed E-state index contributed by atoms with van der Waals surface area (Å²) in [5.74, 6) is 0. The zero-order valence-corrected chi connectivity index (χ0v) is 9.97. The lowest BCUT2D eigenvalue weighted by Gasteiger charge is -1.90. The second kappa shape index (κ2) is 3.26. The summed E-state index contributed by atoms with van der Waals surface area (Å²) >= 11 is 9.33. The first kappa shape index (κ1) is 9.25. The first-order valence-electron chi connectivity index (χ1n) is 4.51. The van der Waals surface area contributed by atoms with Crippen LogP contribution >= 0.6 is 27.5 Å². The summed E-state index contributed by atoms with van der Waals surface area (Å²) in [4.78, 5) is 0. The number of fused-ring (bicyclic) bond motifs is 3. The van der Waals surface area contributed by atoms with Crippen LogP contribution in [0.2, 0.25) is 5.02 Å². The number of furan rings is 1. The maximum atomic E-state index is 5.91. The van der Waals surface area contributed by atoms with Crippen molar-refractivity contribution in [2.24, 2.45) is 0 Å². The molecule has 74 valence electrons. The van der Waals surface area contributed by atoms with Crippen LogP contribution in [-0.2, 0) is 0 Å². The molecule has 0 aliphatic rings. The van der Waals surface area contributed by atoms with Gasteiger partial charge in [0.2, 0.25) is 0 Å². The lowest BCUT2D eigenvalue weighted by molar-refractivity contribution is 0.668. The van der Waals surface area contributed by atoms with Crippen LogP contribution in [0.15, 0.2) is 45.3 Å². The minimum Gasteiger partial charge on any atom is -0.456 e. The topological polar surface area (TPSA) is 13.1 Å². The van der Waals surface area contributed by atoms with Gasteiger partial charge in [0.05, 0.1) is 0 Å². The van der Waals surface area contributed by atoms with E-state index in [2.05, 4.69) is 15.9 Å². The predicted octanol–water partition coefficient (Wildman–Crippen LogP) is 5.00. The van der Waals surface area contributed by atoms with Gasteiger partial charge in [-0.2, -0.15) is 0 Å². The van der Waals surface area contributed by atoms with Gasteiger partial charge in [-0.3, -0.25) is 0 Å². The molecule has 1 heterocycles. The Morgan fingerprint density at radius 3 is 2.40 bits per heavy atom. The van der Waals surface area contributed by atoms with E-state index in [1.54, 1.807) is 0 Å². The molecule has 0 atom stereocenters. The molecule has 0 fully saturated rings. The van der Waals surface area contributed by atoms with Crippen molar-refractivity contribution in [2.75, 3.05) is 0 Å². The highest BCUT2D eigenvalue weighted by Crippen LogP contribution is 2.31. The highest BCUT2D eigenvalue weighted by Gasteiger charge is 2.06. The van der Waals surface area contributed by atoms with Gasteiger partial charge in [0.25, 0.3) is 0 Å². The minimum absolute atomic E-state index is 0.695. The van der Waals surface area contributed by atoms with Crippen LogP contribution in [-0.4, -0.2) is 0 Å². The van der Waals surface area contributed by atoms with Crippen LogP contribution in [0.5, 0.6) is 0 Å². The highest BCUT2D eigenvalue weighted by molar-refractivity contribution is 9.10. The van der Waals surface area contributed by atoms with Gasteiger partial charge in [-0.05, 0) is 30.3 Å². The Balaban J connectivity index is 2.51. The molecule has 0 spiro atoms. The molecule has 0 unspecified atom stereocenters. The van der Waals surface area contributed by atoms with Crippen molar-refractivity contribution in [3.63, 3.8) is 0 Å². The van der Waals surface area contributed by atoms with Gasteiger partial charge < -0.3 is 4.42 Å². The molecule has 0 saturated carbocycles. The van der Waals surface area contributed by atoms with Gasteiger partial charge in [0.1, 0.15) is 11.2 Å². The van der Waals surface area contributed by atoms with E-state index in [1.807, 2.05) is 36.4 Å². The molecule has 3 aromatic rings. The minimum atomic E-state index is 0.695. The van der Waals surface area contributed by atoms with E-state index in [9.17, 15) is 0 Å². The molecule has 0 bridgehead atoms. The standard InChI is InChI=1S/C12H6BrClO/c13-7-1-3-9-10-4-2-8(14)6-12(10)15-11(9)5-7/h1-6H. The average molecular weight is 282 g/mol. The maximum absolute atomic E-state index is 5.91. The number of rotatable bonds is 0. The smallest absolute Gasteiger partial charge is 0.136 e. The van der Waals surface area contributed by atoms with E-state index < -0.39 is 0 Å². The lowest BCUT2D eigenvalue weighted by atomic mass is 10.2. The molecule has 0 aliphatic heterocycles. The Labute approximate surface area is 99.8 Å². The summed E-state index contributed by atoms with van der Waals surface area (Å²) in [6.45, 7) is 0. The second-order valence-corrected chi connectivity index (χ2v) is 4.74. The molecule has 0 N–H and O–H groups in total. The Morgan fingerprint density at radius 1 is 0.933 bits per heavy atom. The van der Waals surface area contributed by atoms with Gasteiger partial charge in [0, 0.05) is 26.3 Å². The van der Waals surface area contributed by atoms with Crippen molar-refractivity contribution in [2.45, 2.75) is 0 Å². The van der Waals surface area contributed by atoms with E-state index in [0.29, 0.717) is 5.02 Å². The summed E-state index contributed by atoms with van der Waals surface area (Å²) < 4.78 is 6.71. The third kappa shape index (κ3) is 1.45. The number of halogens is 2.